The monoisotopic (exact) mass is 516 g/mol. The lowest BCUT2D eigenvalue weighted by atomic mass is 10.1. The van der Waals surface area contributed by atoms with E-state index in [9.17, 15) is 28.1 Å². The minimum atomic E-state index is -4.28. The van der Waals surface area contributed by atoms with Crippen LogP contribution < -0.4 is 15.4 Å². The number of nitrogens with one attached hydrogen (secondary N) is 3. The summed E-state index contributed by atoms with van der Waals surface area (Å²) in [6.45, 7) is 0.985. The molecule has 3 rings (SSSR count). The van der Waals surface area contributed by atoms with E-state index in [0.29, 0.717) is 5.76 Å². The van der Waals surface area contributed by atoms with Crippen molar-refractivity contribution in [1.29, 1.82) is 0 Å². The topological polar surface area (TPSA) is 170 Å². The fourth-order valence-electron chi connectivity index (χ4n) is 2.97. The number of rotatable bonds is 12. The molecule has 13 heteroatoms. The van der Waals surface area contributed by atoms with E-state index in [1.165, 1.54) is 12.3 Å². The van der Waals surface area contributed by atoms with Crippen molar-refractivity contribution in [3.05, 3.63) is 87.9 Å². The van der Waals surface area contributed by atoms with Crippen LogP contribution >= 0.6 is 0 Å². The summed E-state index contributed by atoms with van der Waals surface area (Å²) < 4.78 is 37.0. The summed E-state index contributed by atoms with van der Waals surface area (Å²) in [6.07, 6.45) is 1.45. The summed E-state index contributed by atoms with van der Waals surface area (Å²) in [6, 6.07) is 14.1. The number of aryl methyl sites for hydroxylation is 1. The normalized spacial score (nSPS) is 11.0. The zero-order chi connectivity index (χ0) is 26.1. The minimum Gasteiger partial charge on any atom is -0.467 e. The van der Waals surface area contributed by atoms with Gasteiger partial charge in [-0.25, -0.2) is 8.42 Å². The number of amides is 1. The number of nitro groups is 1. The number of benzene rings is 2. The van der Waals surface area contributed by atoms with Crippen molar-refractivity contribution in [2.24, 2.45) is 0 Å². The zero-order valence-corrected chi connectivity index (χ0v) is 20.0. The van der Waals surface area contributed by atoms with Crippen LogP contribution in [0.5, 0.6) is 0 Å². The van der Waals surface area contributed by atoms with E-state index in [-0.39, 0.29) is 18.8 Å². The van der Waals surface area contributed by atoms with Gasteiger partial charge in [-0.3, -0.25) is 19.7 Å². The number of nitrogens with zero attached hydrogens (tertiary/aromatic N) is 1. The van der Waals surface area contributed by atoms with Gasteiger partial charge in [-0.15, -0.1) is 0 Å². The van der Waals surface area contributed by atoms with Gasteiger partial charge in [-0.1, -0.05) is 29.8 Å². The van der Waals surface area contributed by atoms with Crippen molar-refractivity contribution in [2.75, 3.05) is 18.5 Å². The highest BCUT2D eigenvalue weighted by Crippen LogP contribution is 2.28. The third kappa shape index (κ3) is 7.65. The number of anilines is 1. The van der Waals surface area contributed by atoms with Crippen molar-refractivity contribution in [3.63, 3.8) is 0 Å². The van der Waals surface area contributed by atoms with Crippen LogP contribution in [0.3, 0.4) is 0 Å². The maximum Gasteiger partial charge on any atom is 0.321 e. The summed E-state index contributed by atoms with van der Waals surface area (Å²) in [5, 5.41) is 16.8. The molecular formula is C23H24N4O8S. The second kappa shape index (κ2) is 12.0. The lowest BCUT2D eigenvalue weighted by Gasteiger charge is -2.10. The molecule has 0 saturated carbocycles. The molecule has 0 aliphatic rings. The molecule has 0 atom stereocenters. The van der Waals surface area contributed by atoms with E-state index in [1.54, 1.807) is 12.1 Å². The van der Waals surface area contributed by atoms with Crippen LogP contribution in [-0.2, 0) is 37.4 Å². The second-order valence-electron chi connectivity index (χ2n) is 7.62. The standard InChI is InChI=1S/C23H24N4O8S/c1-16-4-6-17(7-5-16)12-25-22(28)15-35-23(29)14-26-36(32,33)19-8-9-20(21(11-19)27(30)31)24-13-18-3-2-10-34-18/h2-11,24,26H,12-15H2,1H3,(H,25,28). The molecule has 0 fully saturated rings. The lowest BCUT2D eigenvalue weighted by Crippen LogP contribution is -2.33. The molecule has 0 saturated heterocycles. The molecule has 36 heavy (non-hydrogen) atoms. The van der Waals surface area contributed by atoms with E-state index >= 15 is 0 Å². The fourth-order valence-corrected chi connectivity index (χ4v) is 3.96. The molecule has 3 aromatic rings. The van der Waals surface area contributed by atoms with Crippen LogP contribution in [0.25, 0.3) is 0 Å². The predicted molar refractivity (Wildman–Crippen MR) is 128 cm³/mol. The molecule has 0 radical (unpaired) electrons. The number of carbonyl (C=O) groups is 2. The minimum absolute atomic E-state index is 0.0893. The fraction of sp³-hybridized carbons (Fsp3) is 0.217. The van der Waals surface area contributed by atoms with Gasteiger partial charge in [0.05, 0.1) is 22.6 Å². The Morgan fingerprint density at radius 3 is 2.50 bits per heavy atom. The van der Waals surface area contributed by atoms with Gasteiger partial charge < -0.3 is 19.8 Å². The summed E-state index contributed by atoms with van der Waals surface area (Å²) in [4.78, 5) is 34.1. The number of hydrogen-bond acceptors (Lipinski definition) is 9. The maximum atomic E-state index is 12.5. The molecular weight excluding hydrogens is 492 g/mol. The number of furan rings is 1. The average molecular weight is 517 g/mol. The summed E-state index contributed by atoms with van der Waals surface area (Å²) in [7, 11) is -4.28. The van der Waals surface area contributed by atoms with E-state index in [4.69, 9.17) is 9.15 Å². The predicted octanol–water partition coefficient (Wildman–Crippen LogP) is 2.25. The Kier molecular flexibility index (Phi) is 8.76. The molecule has 2 aromatic carbocycles. The molecule has 0 aliphatic carbocycles. The number of hydrogen-bond donors (Lipinski definition) is 3. The third-order valence-electron chi connectivity index (χ3n) is 4.89. The van der Waals surface area contributed by atoms with Crippen molar-refractivity contribution >= 4 is 33.3 Å². The second-order valence-corrected chi connectivity index (χ2v) is 9.38. The molecule has 1 aromatic heterocycles. The van der Waals surface area contributed by atoms with Gasteiger partial charge >= 0.3 is 5.97 Å². The van der Waals surface area contributed by atoms with Gasteiger partial charge in [-0.05, 0) is 36.8 Å². The van der Waals surface area contributed by atoms with Crippen LogP contribution in [0.4, 0.5) is 11.4 Å². The Balaban J connectivity index is 1.50. The molecule has 0 spiro atoms. The van der Waals surface area contributed by atoms with Crippen molar-refractivity contribution < 1.29 is 32.1 Å². The Bertz CT molecular complexity index is 1320. The smallest absolute Gasteiger partial charge is 0.321 e. The third-order valence-corrected chi connectivity index (χ3v) is 6.29. The lowest BCUT2D eigenvalue weighted by molar-refractivity contribution is -0.384. The van der Waals surface area contributed by atoms with Gasteiger partial charge in [-0.2, -0.15) is 4.72 Å². The largest absolute Gasteiger partial charge is 0.467 e. The van der Waals surface area contributed by atoms with Crippen molar-refractivity contribution in [1.82, 2.24) is 10.0 Å². The highest BCUT2D eigenvalue weighted by molar-refractivity contribution is 7.89. The van der Waals surface area contributed by atoms with Crippen LogP contribution in [0.1, 0.15) is 16.9 Å². The van der Waals surface area contributed by atoms with Gasteiger partial charge in [0, 0.05) is 12.6 Å². The molecule has 1 heterocycles. The van der Waals surface area contributed by atoms with E-state index < -0.39 is 50.6 Å². The van der Waals surface area contributed by atoms with Gasteiger partial charge in [0.25, 0.3) is 11.6 Å². The number of esters is 1. The van der Waals surface area contributed by atoms with Crippen molar-refractivity contribution in [2.45, 2.75) is 24.9 Å². The number of sulfonamides is 1. The average Bonchev–Trinajstić information content (AvgIpc) is 3.38. The first-order valence-electron chi connectivity index (χ1n) is 10.7. The molecule has 3 N–H and O–H groups in total. The van der Waals surface area contributed by atoms with Crippen LogP contribution in [-0.4, -0.2) is 38.4 Å². The molecule has 0 aliphatic heterocycles. The molecule has 12 nitrogen and oxygen atoms in total. The Morgan fingerprint density at radius 1 is 1.08 bits per heavy atom. The highest BCUT2D eigenvalue weighted by atomic mass is 32.2. The first-order valence-corrected chi connectivity index (χ1v) is 12.1. The maximum absolute atomic E-state index is 12.5. The Morgan fingerprint density at radius 2 is 1.83 bits per heavy atom. The molecule has 1 amide bonds. The van der Waals surface area contributed by atoms with E-state index in [1.807, 2.05) is 35.9 Å². The molecule has 0 unspecified atom stereocenters. The van der Waals surface area contributed by atoms with E-state index in [0.717, 1.165) is 23.3 Å². The van der Waals surface area contributed by atoms with Gasteiger partial charge in [0.2, 0.25) is 10.0 Å². The van der Waals surface area contributed by atoms with E-state index in [2.05, 4.69) is 10.6 Å². The first-order chi connectivity index (χ1) is 17.1. The van der Waals surface area contributed by atoms with Crippen LogP contribution in [0.15, 0.2) is 70.2 Å². The first kappa shape index (κ1) is 26.4. The summed E-state index contributed by atoms with van der Waals surface area (Å²) >= 11 is 0. The SMILES string of the molecule is Cc1ccc(CNC(=O)COC(=O)CNS(=O)(=O)c2ccc(NCc3ccco3)c([N+](=O)[O-])c2)cc1. The summed E-state index contributed by atoms with van der Waals surface area (Å²) in [5.74, 6) is -1.01. The number of ether oxygens (including phenoxy) is 1. The quantitative estimate of drug-likeness (QED) is 0.186. The molecule has 190 valence electrons. The number of carbonyl (C=O) groups excluding carboxylic acids is 2. The van der Waals surface area contributed by atoms with Crippen LogP contribution in [0, 0.1) is 17.0 Å². The number of nitro benzene ring substituents is 1. The zero-order valence-electron chi connectivity index (χ0n) is 19.2. The Labute approximate surface area is 206 Å². The van der Waals surface area contributed by atoms with Crippen LogP contribution in [0.2, 0.25) is 0 Å². The molecule has 0 bridgehead atoms. The van der Waals surface area contributed by atoms with Gasteiger partial charge in [0.15, 0.2) is 6.61 Å². The summed E-state index contributed by atoms with van der Waals surface area (Å²) in [5.41, 5.74) is 1.56. The van der Waals surface area contributed by atoms with Gasteiger partial charge in [0.1, 0.15) is 18.0 Å². The highest BCUT2D eigenvalue weighted by Gasteiger charge is 2.22. The van der Waals surface area contributed by atoms with Crippen molar-refractivity contribution in [3.8, 4) is 0 Å². The Hall–Kier alpha value is -4.23.